The van der Waals surface area contributed by atoms with Gasteiger partial charge in [-0.05, 0) is 42.0 Å². The lowest BCUT2D eigenvalue weighted by molar-refractivity contribution is 0.241. The number of nitrogens with two attached hydrogens (primary N) is 1. The van der Waals surface area contributed by atoms with Gasteiger partial charge in [0.15, 0.2) is 0 Å². The Hall–Kier alpha value is -3.13. The van der Waals surface area contributed by atoms with Crippen LogP contribution >= 0.6 is 23.2 Å². The molecule has 4 aromatic rings. The largest absolute Gasteiger partial charge is 0.488 e. The fourth-order valence-electron chi connectivity index (χ4n) is 3.90. The lowest BCUT2D eigenvalue weighted by atomic mass is 10.1. The van der Waals surface area contributed by atoms with E-state index >= 15 is 0 Å². The summed E-state index contributed by atoms with van der Waals surface area (Å²) in [4.78, 5) is 22.1. The van der Waals surface area contributed by atoms with E-state index in [0.29, 0.717) is 44.7 Å². The summed E-state index contributed by atoms with van der Waals surface area (Å²) in [6.07, 6.45) is 2.44. The maximum atomic E-state index is 13.1. The van der Waals surface area contributed by atoms with Gasteiger partial charge in [0, 0.05) is 42.8 Å². The molecule has 162 valence electrons. The topological polar surface area (TPSA) is 95.1 Å². The van der Waals surface area contributed by atoms with Gasteiger partial charge in [0.25, 0.3) is 5.56 Å². The van der Waals surface area contributed by atoms with Crippen LogP contribution in [0.4, 0.5) is 11.6 Å². The number of halogens is 2. The van der Waals surface area contributed by atoms with Crippen LogP contribution in [-0.2, 0) is 13.5 Å². The van der Waals surface area contributed by atoms with Gasteiger partial charge in [-0.1, -0.05) is 29.3 Å². The fourth-order valence-corrected chi connectivity index (χ4v) is 4.50. The number of hydrogen-bond donors (Lipinski definition) is 2. The number of anilines is 2. The van der Waals surface area contributed by atoms with Crippen LogP contribution in [0.3, 0.4) is 0 Å². The second kappa shape index (κ2) is 8.09. The van der Waals surface area contributed by atoms with E-state index in [1.54, 1.807) is 37.5 Å². The molecule has 0 radical (unpaired) electrons. The third-order valence-electron chi connectivity index (χ3n) is 5.50. The Bertz CT molecular complexity index is 1400. The van der Waals surface area contributed by atoms with E-state index in [1.807, 2.05) is 18.2 Å². The summed E-state index contributed by atoms with van der Waals surface area (Å²) in [5, 5.41) is 4.71. The number of fused-ring (bicyclic) bond motifs is 2. The molecule has 1 atom stereocenters. The third-order valence-corrected chi connectivity index (χ3v) is 6.13. The summed E-state index contributed by atoms with van der Waals surface area (Å²) >= 11 is 12.6. The van der Waals surface area contributed by atoms with Crippen molar-refractivity contribution < 1.29 is 4.74 Å². The van der Waals surface area contributed by atoms with Crippen LogP contribution in [0.1, 0.15) is 5.56 Å². The molecule has 2 aromatic carbocycles. The molecule has 3 heterocycles. The number of hydrogen-bond acceptors (Lipinski definition) is 6. The predicted molar refractivity (Wildman–Crippen MR) is 127 cm³/mol. The van der Waals surface area contributed by atoms with Gasteiger partial charge in [-0.3, -0.25) is 9.36 Å². The second-order valence-corrected chi connectivity index (χ2v) is 8.43. The molecule has 0 amide bonds. The van der Waals surface area contributed by atoms with E-state index in [9.17, 15) is 4.79 Å². The maximum Gasteiger partial charge on any atom is 0.259 e. The van der Waals surface area contributed by atoms with Gasteiger partial charge in [-0.2, -0.15) is 4.98 Å². The first-order valence-corrected chi connectivity index (χ1v) is 10.8. The van der Waals surface area contributed by atoms with Gasteiger partial charge in [0.1, 0.15) is 17.5 Å². The van der Waals surface area contributed by atoms with E-state index in [2.05, 4.69) is 15.3 Å². The van der Waals surface area contributed by atoms with Gasteiger partial charge < -0.3 is 15.8 Å². The molecular weight excluding hydrogens is 449 g/mol. The maximum absolute atomic E-state index is 13.1. The van der Waals surface area contributed by atoms with Crippen LogP contribution in [0.2, 0.25) is 10.0 Å². The molecular formula is C23H19Cl2N5O2. The summed E-state index contributed by atoms with van der Waals surface area (Å²) in [5.74, 6) is 1.23. The molecule has 9 heteroatoms. The smallest absolute Gasteiger partial charge is 0.259 e. The summed E-state index contributed by atoms with van der Waals surface area (Å²) in [7, 11) is 1.66. The van der Waals surface area contributed by atoms with E-state index in [1.165, 1.54) is 4.57 Å². The van der Waals surface area contributed by atoms with Gasteiger partial charge in [0.2, 0.25) is 5.95 Å². The SMILES string of the molecule is Cn1c(=O)c(-c2c(Cl)cccc2Cl)cc2cnc(Nc3ccc4c(c3)C[C@H](CN)O4)nc21. The molecule has 1 aliphatic heterocycles. The standard InChI is InChI=1S/C23H19Cl2N5O2/c1-30-21-13(9-16(22(30)31)20-17(24)3-2-4-18(20)25)11-27-23(29-21)28-14-5-6-19-12(7-14)8-15(10-26)32-19/h2-7,9,11,15H,8,10,26H2,1H3,(H,27,28,29)/t15-/m1/s1. The van der Waals surface area contributed by atoms with Crippen LogP contribution in [0.25, 0.3) is 22.2 Å². The van der Waals surface area contributed by atoms with E-state index < -0.39 is 0 Å². The number of aryl methyl sites for hydroxylation is 1. The van der Waals surface area contributed by atoms with Crippen LogP contribution < -0.4 is 21.3 Å². The third kappa shape index (κ3) is 3.58. The number of benzene rings is 2. The molecule has 0 unspecified atom stereocenters. The Balaban J connectivity index is 1.52. The number of pyridine rings is 1. The van der Waals surface area contributed by atoms with Crippen molar-refractivity contribution >= 4 is 45.9 Å². The Morgan fingerprint density at radius 3 is 2.75 bits per heavy atom. The number of nitrogens with one attached hydrogen (secondary N) is 1. The number of aromatic nitrogens is 3. The highest BCUT2D eigenvalue weighted by Gasteiger charge is 2.22. The first-order valence-electron chi connectivity index (χ1n) is 10.0. The molecule has 0 bridgehead atoms. The van der Waals surface area contributed by atoms with Gasteiger partial charge in [-0.25, -0.2) is 4.98 Å². The minimum Gasteiger partial charge on any atom is -0.488 e. The molecule has 0 saturated carbocycles. The molecule has 0 spiro atoms. The number of ether oxygens (including phenoxy) is 1. The van der Waals surface area contributed by atoms with Crippen molar-refractivity contribution in [2.75, 3.05) is 11.9 Å². The molecule has 1 aliphatic rings. The van der Waals surface area contributed by atoms with Crippen LogP contribution in [0, 0.1) is 0 Å². The molecule has 3 N–H and O–H groups in total. The average Bonchev–Trinajstić information content (AvgIpc) is 3.20. The molecule has 2 aromatic heterocycles. The highest BCUT2D eigenvalue weighted by molar-refractivity contribution is 6.39. The lowest BCUT2D eigenvalue weighted by Gasteiger charge is -2.12. The van der Waals surface area contributed by atoms with Crippen LogP contribution in [-0.4, -0.2) is 27.2 Å². The summed E-state index contributed by atoms with van der Waals surface area (Å²) < 4.78 is 7.24. The summed E-state index contributed by atoms with van der Waals surface area (Å²) in [6.45, 7) is 0.473. The Labute approximate surface area is 193 Å². The van der Waals surface area contributed by atoms with E-state index in [-0.39, 0.29) is 11.7 Å². The lowest BCUT2D eigenvalue weighted by Crippen LogP contribution is -2.24. The first-order chi connectivity index (χ1) is 15.4. The zero-order valence-electron chi connectivity index (χ0n) is 17.1. The molecule has 7 nitrogen and oxygen atoms in total. The first kappa shape index (κ1) is 20.8. The Morgan fingerprint density at radius 1 is 1.22 bits per heavy atom. The minimum atomic E-state index is -0.250. The molecule has 0 saturated heterocycles. The van der Waals surface area contributed by atoms with Crippen molar-refractivity contribution in [1.82, 2.24) is 14.5 Å². The molecule has 32 heavy (non-hydrogen) atoms. The van der Waals surface area contributed by atoms with Crippen LogP contribution in [0.15, 0.2) is 53.5 Å². The Kier molecular flexibility index (Phi) is 5.25. The van der Waals surface area contributed by atoms with Gasteiger partial charge >= 0.3 is 0 Å². The van der Waals surface area contributed by atoms with Gasteiger partial charge in [0.05, 0.1) is 15.6 Å². The van der Waals surface area contributed by atoms with E-state index in [4.69, 9.17) is 33.7 Å². The summed E-state index contributed by atoms with van der Waals surface area (Å²) in [6, 6.07) is 12.7. The monoisotopic (exact) mass is 467 g/mol. The second-order valence-electron chi connectivity index (χ2n) is 7.62. The zero-order valence-corrected chi connectivity index (χ0v) is 18.6. The van der Waals surface area contributed by atoms with Crippen LogP contribution in [0.5, 0.6) is 5.75 Å². The van der Waals surface area contributed by atoms with Crippen molar-refractivity contribution in [3.05, 3.63) is 74.6 Å². The highest BCUT2D eigenvalue weighted by Crippen LogP contribution is 2.34. The Morgan fingerprint density at radius 2 is 2.00 bits per heavy atom. The minimum absolute atomic E-state index is 0.00695. The van der Waals surface area contributed by atoms with Crippen molar-refractivity contribution in [2.45, 2.75) is 12.5 Å². The fraction of sp³-hybridized carbons (Fsp3) is 0.174. The van der Waals surface area contributed by atoms with Gasteiger partial charge in [-0.15, -0.1) is 0 Å². The predicted octanol–water partition coefficient (Wildman–Crippen LogP) is 4.31. The molecule has 5 rings (SSSR count). The van der Waals surface area contributed by atoms with Crippen molar-refractivity contribution in [1.29, 1.82) is 0 Å². The molecule has 0 aliphatic carbocycles. The van der Waals surface area contributed by atoms with Crippen molar-refractivity contribution in [2.24, 2.45) is 12.8 Å². The van der Waals surface area contributed by atoms with Crippen molar-refractivity contribution in [3.63, 3.8) is 0 Å². The quantitative estimate of drug-likeness (QED) is 0.464. The normalized spacial score (nSPS) is 14.9. The molecule has 0 fully saturated rings. The number of rotatable bonds is 4. The van der Waals surface area contributed by atoms with E-state index in [0.717, 1.165) is 23.4 Å². The summed E-state index contributed by atoms with van der Waals surface area (Å²) in [5.41, 5.74) is 8.76. The van der Waals surface area contributed by atoms with Crippen molar-refractivity contribution in [3.8, 4) is 16.9 Å². The highest BCUT2D eigenvalue weighted by atomic mass is 35.5. The average molecular weight is 468 g/mol. The zero-order chi connectivity index (χ0) is 22.4. The number of nitrogens with zero attached hydrogens (tertiary/aromatic N) is 3.